The van der Waals surface area contributed by atoms with Gasteiger partial charge in [-0.15, -0.1) is 12.4 Å². The van der Waals surface area contributed by atoms with Crippen LogP contribution in [0.2, 0.25) is 0 Å². The number of benzene rings is 1. The van der Waals surface area contributed by atoms with Gasteiger partial charge in [0.1, 0.15) is 5.56 Å². The summed E-state index contributed by atoms with van der Waals surface area (Å²) in [6, 6.07) is 12.8. The number of halogens is 1. The van der Waals surface area contributed by atoms with Crippen LogP contribution in [0.25, 0.3) is 5.65 Å². The first kappa shape index (κ1) is 17.9. The van der Waals surface area contributed by atoms with Gasteiger partial charge in [0, 0.05) is 44.0 Å². The fraction of sp³-hybridized carbons (Fsp3) is 0.350. The molecule has 0 aliphatic carbocycles. The normalized spacial score (nSPS) is 24.8. The zero-order chi connectivity index (χ0) is 17.7. The summed E-state index contributed by atoms with van der Waals surface area (Å²) in [7, 11) is 2.19. The van der Waals surface area contributed by atoms with E-state index >= 15 is 0 Å². The smallest absolute Gasteiger partial charge is 0.259 e. The summed E-state index contributed by atoms with van der Waals surface area (Å²) in [5, 5.41) is 4.26. The molecule has 2 saturated heterocycles. The molecule has 27 heavy (non-hydrogen) atoms. The number of aromatic nitrogens is 3. The second-order valence-electron chi connectivity index (χ2n) is 7.38. The van der Waals surface area contributed by atoms with Crippen molar-refractivity contribution < 1.29 is 4.79 Å². The number of carbonyl (C=O) groups is 1. The van der Waals surface area contributed by atoms with E-state index in [1.54, 1.807) is 16.9 Å². The van der Waals surface area contributed by atoms with Gasteiger partial charge >= 0.3 is 0 Å². The van der Waals surface area contributed by atoms with Crippen molar-refractivity contribution in [2.75, 3.05) is 26.7 Å². The summed E-state index contributed by atoms with van der Waals surface area (Å²) in [6.07, 6.45) is 5.16. The predicted octanol–water partition coefficient (Wildman–Crippen LogP) is 2.53. The highest BCUT2D eigenvalue weighted by Gasteiger charge is 2.47. The minimum absolute atomic E-state index is 0. The summed E-state index contributed by atoms with van der Waals surface area (Å²) in [4.78, 5) is 21.8. The summed E-state index contributed by atoms with van der Waals surface area (Å²) in [5.41, 5.74) is 2.57. The fourth-order valence-electron chi connectivity index (χ4n) is 4.72. The molecule has 0 radical (unpaired) electrons. The Morgan fingerprint density at radius 2 is 1.93 bits per heavy atom. The van der Waals surface area contributed by atoms with Crippen LogP contribution in [-0.4, -0.2) is 57.0 Å². The van der Waals surface area contributed by atoms with Gasteiger partial charge in [0.2, 0.25) is 0 Å². The zero-order valence-electron chi connectivity index (χ0n) is 15.1. The molecule has 0 saturated carbocycles. The molecule has 0 bridgehead atoms. The number of amides is 1. The number of carbonyl (C=O) groups excluding carboxylic acids is 1. The van der Waals surface area contributed by atoms with Gasteiger partial charge in [-0.3, -0.25) is 9.69 Å². The molecule has 0 N–H and O–H groups in total. The average Bonchev–Trinajstić information content (AvgIpc) is 3.34. The monoisotopic (exact) mass is 383 g/mol. The van der Waals surface area contributed by atoms with E-state index in [2.05, 4.69) is 52.4 Å². The molecule has 2 aliphatic heterocycles. The van der Waals surface area contributed by atoms with Crippen molar-refractivity contribution in [3.63, 3.8) is 0 Å². The van der Waals surface area contributed by atoms with Gasteiger partial charge in [0.25, 0.3) is 5.91 Å². The Bertz CT molecular complexity index is 959. The van der Waals surface area contributed by atoms with Crippen LogP contribution in [0.1, 0.15) is 22.0 Å². The van der Waals surface area contributed by atoms with Crippen molar-refractivity contribution >= 4 is 24.0 Å². The summed E-state index contributed by atoms with van der Waals surface area (Å²) in [5.74, 6) is 1.03. The lowest BCUT2D eigenvalue weighted by molar-refractivity contribution is 0.0769. The lowest BCUT2D eigenvalue weighted by atomic mass is 9.90. The second kappa shape index (κ2) is 6.94. The highest BCUT2D eigenvalue weighted by Crippen LogP contribution is 2.44. The van der Waals surface area contributed by atoms with Crippen molar-refractivity contribution in [1.82, 2.24) is 24.4 Å². The molecule has 3 aromatic rings. The molecular weight excluding hydrogens is 362 g/mol. The lowest BCUT2D eigenvalue weighted by Gasteiger charge is -2.26. The minimum Gasteiger partial charge on any atom is -0.338 e. The van der Waals surface area contributed by atoms with Crippen LogP contribution >= 0.6 is 12.4 Å². The summed E-state index contributed by atoms with van der Waals surface area (Å²) < 4.78 is 1.66. The second-order valence-corrected chi connectivity index (χ2v) is 7.38. The Hall–Kier alpha value is -2.44. The number of rotatable bonds is 2. The van der Waals surface area contributed by atoms with Crippen LogP contribution in [-0.2, 0) is 0 Å². The molecule has 140 valence electrons. The molecule has 5 rings (SSSR count). The first-order valence-electron chi connectivity index (χ1n) is 9.05. The summed E-state index contributed by atoms with van der Waals surface area (Å²) >= 11 is 0. The van der Waals surface area contributed by atoms with Gasteiger partial charge in [0.15, 0.2) is 5.65 Å². The SMILES string of the molecule is CN1C[C@H]2CN(C(=O)c3cnn4cccnc34)C[C@H]2[C@@H]1c1ccccc1.Cl. The maximum absolute atomic E-state index is 13.1. The van der Waals surface area contributed by atoms with E-state index in [0.29, 0.717) is 29.1 Å². The lowest BCUT2D eigenvalue weighted by Crippen LogP contribution is -2.33. The van der Waals surface area contributed by atoms with E-state index in [1.807, 2.05) is 17.2 Å². The first-order chi connectivity index (χ1) is 12.7. The maximum Gasteiger partial charge on any atom is 0.259 e. The summed E-state index contributed by atoms with van der Waals surface area (Å²) in [6.45, 7) is 2.62. The number of likely N-dealkylation sites (tertiary alicyclic amines) is 2. The van der Waals surface area contributed by atoms with Gasteiger partial charge in [-0.1, -0.05) is 30.3 Å². The van der Waals surface area contributed by atoms with Gasteiger partial charge in [-0.25, -0.2) is 9.50 Å². The van der Waals surface area contributed by atoms with Crippen LogP contribution in [0.4, 0.5) is 0 Å². The van der Waals surface area contributed by atoms with E-state index in [4.69, 9.17) is 0 Å². The molecule has 1 aromatic carbocycles. The third-order valence-electron chi connectivity index (χ3n) is 5.83. The fourth-order valence-corrected chi connectivity index (χ4v) is 4.72. The molecule has 0 unspecified atom stereocenters. The molecule has 2 aromatic heterocycles. The maximum atomic E-state index is 13.1. The Balaban J connectivity index is 0.00000180. The van der Waals surface area contributed by atoms with Crippen LogP contribution in [0, 0.1) is 11.8 Å². The topological polar surface area (TPSA) is 53.7 Å². The Kier molecular flexibility index (Phi) is 4.61. The van der Waals surface area contributed by atoms with Gasteiger partial charge in [-0.05, 0) is 24.6 Å². The largest absolute Gasteiger partial charge is 0.338 e. The number of hydrogen-bond donors (Lipinski definition) is 0. The van der Waals surface area contributed by atoms with E-state index in [-0.39, 0.29) is 18.3 Å². The predicted molar refractivity (Wildman–Crippen MR) is 105 cm³/mol. The van der Waals surface area contributed by atoms with Gasteiger partial charge < -0.3 is 4.90 Å². The van der Waals surface area contributed by atoms with Crippen LogP contribution in [0.15, 0.2) is 55.0 Å². The quantitative estimate of drug-likeness (QED) is 0.682. The molecular formula is C20H22ClN5O. The standard InChI is InChI=1S/C20H21N5O.ClH/c1-23-11-15-12-24(13-17(15)18(23)14-6-3-2-4-7-14)20(26)16-10-22-25-9-5-8-21-19(16)25;/h2-10,15,17-18H,11-13H2,1H3;1H/t15-,17+,18-;/m0./s1. The van der Waals surface area contributed by atoms with Crippen molar-refractivity contribution in [2.45, 2.75) is 6.04 Å². The van der Waals surface area contributed by atoms with Crippen molar-refractivity contribution in [1.29, 1.82) is 0 Å². The number of fused-ring (bicyclic) bond motifs is 2. The molecule has 3 atom stereocenters. The van der Waals surface area contributed by atoms with Crippen molar-refractivity contribution in [2.24, 2.45) is 11.8 Å². The third-order valence-corrected chi connectivity index (χ3v) is 5.83. The molecule has 4 heterocycles. The Morgan fingerprint density at radius 1 is 1.11 bits per heavy atom. The average molecular weight is 384 g/mol. The molecule has 2 fully saturated rings. The molecule has 1 amide bonds. The van der Waals surface area contributed by atoms with Crippen molar-refractivity contribution in [3.8, 4) is 0 Å². The van der Waals surface area contributed by atoms with Crippen LogP contribution in [0.3, 0.4) is 0 Å². The van der Waals surface area contributed by atoms with E-state index in [1.165, 1.54) is 5.56 Å². The third kappa shape index (κ3) is 2.89. The van der Waals surface area contributed by atoms with E-state index in [0.717, 1.165) is 19.6 Å². The zero-order valence-corrected chi connectivity index (χ0v) is 15.9. The van der Waals surface area contributed by atoms with E-state index in [9.17, 15) is 4.79 Å². The molecule has 0 spiro atoms. The highest BCUT2D eigenvalue weighted by atomic mass is 35.5. The molecule has 7 heteroatoms. The molecule has 6 nitrogen and oxygen atoms in total. The first-order valence-corrected chi connectivity index (χ1v) is 9.05. The van der Waals surface area contributed by atoms with Crippen LogP contribution < -0.4 is 0 Å². The van der Waals surface area contributed by atoms with Crippen LogP contribution in [0.5, 0.6) is 0 Å². The highest BCUT2D eigenvalue weighted by molar-refractivity contribution is 5.99. The molecule has 2 aliphatic rings. The van der Waals surface area contributed by atoms with Gasteiger partial charge in [0.05, 0.1) is 6.20 Å². The van der Waals surface area contributed by atoms with Crippen molar-refractivity contribution in [3.05, 3.63) is 66.1 Å². The van der Waals surface area contributed by atoms with E-state index < -0.39 is 0 Å². The van der Waals surface area contributed by atoms with Gasteiger partial charge in [-0.2, -0.15) is 5.10 Å². The minimum atomic E-state index is 0. The number of nitrogens with zero attached hydrogens (tertiary/aromatic N) is 5. The Morgan fingerprint density at radius 3 is 2.74 bits per heavy atom. The number of hydrogen-bond acceptors (Lipinski definition) is 4. The Labute approximate surface area is 164 Å².